The first-order chi connectivity index (χ1) is 17.6. The molecule has 0 bridgehead atoms. The monoisotopic (exact) mass is 532 g/mol. The number of unbranched alkanes of at least 4 members (excludes halogenated alkanes) is 10. The van der Waals surface area contributed by atoms with E-state index < -0.39 is 15.9 Å². The van der Waals surface area contributed by atoms with Gasteiger partial charge in [0.15, 0.2) is 0 Å². The lowest BCUT2D eigenvalue weighted by Crippen LogP contribution is -2.39. The molecule has 37 heavy (non-hydrogen) atoms. The molecule has 2 aromatic carbocycles. The van der Waals surface area contributed by atoms with E-state index in [-0.39, 0.29) is 4.90 Å². The Balaban J connectivity index is 0.000000417. The fourth-order valence-corrected chi connectivity index (χ4v) is 5.25. The van der Waals surface area contributed by atoms with Gasteiger partial charge in [-0.15, -0.1) is 0 Å². The first kappa shape index (κ1) is 32.6. The minimum absolute atomic E-state index is 0.0156. The quantitative estimate of drug-likeness (QED) is 0.144. The Hall–Kier alpha value is -2.38. The van der Waals surface area contributed by atoms with Gasteiger partial charge in [0.05, 0.1) is 25.5 Å². The highest BCUT2D eigenvalue weighted by molar-refractivity contribution is 7.90. The lowest BCUT2D eigenvalue weighted by Gasteiger charge is -2.30. The molecule has 0 aliphatic rings. The van der Waals surface area contributed by atoms with E-state index in [1.54, 1.807) is 0 Å². The lowest BCUT2D eigenvalue weighted by atomic mass is 10.1. The zero-order valence-corrected chi connectivity index (χ0v) is 24.4. The second-order valence-corrected chi connectivity index (χ2v) is 12.3. The van der Waals surface area contributed by atoms with Gasteiger partial charge in [-0.05, 0) is 37.1 Å². The van der Waals surface area contributed by atoms with E-state index >= 15 is 0 Å². The minimum Gasteiger partial charge on any atom is -0.399 e. The van der Waals surface area contributed by atoms with Gasteiger partial charge in [0.2, 0.25) is 5.91 Å². The van der Waals surface area contributed by atoms with Crippen molar-refractivity contribution in [2.24, 2.45) is 0 Å². The van der Waals surface area contributed by atoms with Gasteiger partial charge in [-0.25, -0.2) is 13.1 Å². The summed E-state index contributed by atoms with van der Waals surface area (Å²) in [6, 6.07) is 16.5. The van der Waals surface area contributed by atoms with E-state index in [1.165, 1.54) is 107 Å². The molecule has 0 spiro atoms. The standard InChI is InChI=1S/C22H40N.C8H10N2O3S/c1-4-5-6-7-8-9-10-11-12-13-17-20-23(2,3)21-22-18-15-14-16-19-22;1-6(11)10-14(12,13)8-4-2-7(9)3-5-8/h14-16,18-19H,4-13,17,20-21H2,1-3H3;2-5H,9H2,1H3,(H,10,11)/q+1;. The largest absolute Gasteiger partial charge is 0.399 e. The highest BCUT2D eigenvalue weighted by Gasteiger charge is 2.15. The normalized spacial score (nSPS) is 11.5. The number of carbonyl (C=O) groups is 1. The molecule has 0 aliphatic heterocycles. The van der Waals surface area contributed by atoms with E-state index in [1.807, 2.05) is 4.72 Å². The Kier molecular flexibility index (Phi) is 15.9. The first-order valence-electron chi connectivity index (χ1n) is 13.8. The van der Waals surface area contributed by atoms with Gasteiger partial charge >= 0.3 is 0 Å². The van der Waals surface area contributed by atoms with Crippen molar-refractivity contribution in [1.82, 2.24) is 4.72 Å². The maximum Gasteiger partial charge on any atom is 0.264 e. The molecular formula is C30H50N3O3S+. The molecule has 0 aliphatic carbocycles. The Morgan fingerprint density at radius 3 is 1.76 bits per heavy atom. The van der Waals surface area contributed by atoms with Gasteiger partial charge in [-0.1, -0.05) is 95.0 Å². The van der Waals surface area contributed by atoms with Gasteiger partial charge in [-0.3, -0.25) is 4.79 Å². The zero-order valence-electron chi connectivity index (χ0n) is 23.5. The van der Waals surface area contributed by atoms with Crippen LogP contribution < -0.4 is 10.5 Å². The molecule has 2 aromatic rings. The maximum atomic E-state index is 11.4. The molecule has 0 heterocycles. The summed E-state index contributed by atoms with van der Waals surface area (Å²) in [5.41, 5.74) is 7.31. The van der Waals surface area contributed by atoms with Crippen LogP contribution in [0.5, 0.6) is 0 Å². The van der Waals surface area contributed by atoms with Crippen molar-refractivity contribution in [1.29, 1.82) is 0 Å². The Morgan fingerprint density at radius 2 is 1.27 bits per heavy atom. The van der Waals surface area contributed by atoms with Crippen molar-refractivity contribution in [3.8, 4) is 0 Å². The predicted octanol–water partition coefficient (Wildman–Crippen LogP) is 6.67. The van der Waals surface area contributed by atoms with E-state index in [2.05, 4.69) is 51.4 Å². The van der Waals surface area contributed by atoms with Gasteiger partial charge in [0.1, 0.15) is 6.54 Å². The van der Waals surface area contributed by atoms with Gasteiger partial charge in [0.25, 0.3) is 10.0 Å². The number of nitrogens with two attached hydrogens (primary N) is 1. The van der Waals surface area contributed by atoms with Crippen molar-refractivity contribution in [3.05, 3.63) is 60.2 Å². The van der Waals surface area contributed by atoms with Crippen LogP contribution in [0.15, 0.2) is 59.5 Å². The number of nitrogen functional groups attached to an aromatic ring is 1. The summed E-state index contributed by atoms with van der Waals surface area (Å²) in [5, 5.41) is 0. The number of hydrogen-bond acceptors (Lipinski definition) is 4. The maximum absolute atomic E-state index is 11.4. The number of sulfonamides is 1. The van der Waals surface area contributed by atoms with Crippen LogP contribution in [0, 0.1) is 0 Å². The summed E-state index contributed by atoms with van der Waals surface area (Å²) >= 11 is 0. The summed E-state index contributed by atoms with van der Waals surface area (Å²) in [5.74, 6) is -0.623. The lowest BCUT2D eigenvalue weighted by molar-refractivity contribution is -0.903. The summed E-state index contributed by atoms with van der Waals surface area (Å²) in [4.78, 5) is 10.6. The predicted molar refractivity (Wildman–Crippen MR) is 155 cm³/mol. The van der Waals surface area contributed by atoms with Gasteiger partial charge in [-0.2, -0.15) is 0 Å². The summed E-state index contributed by atoms with van der Waals surface area (Å²) in [6.45, 7) is 5.87. The number of quaternary nitrogens is 1. The number of rotatable bonds is 16. The fraction of sp³-hybridized carbons (Fsp3) is 0.567. The highest BCUT2D eigenvalue weighted by Crippen LogP contribution is 2.14. The fourth-order valence-electron chi connectivity index (χ4n) is 4.26. The summed E-state index contributed by atoms with van der Waals surface area (Å²) < 4.78 is 25.7. The van der Waals surface area contributed by atoms with Crippen LogP contribution in [0.3, 0.4) is 0 Å². The second-order valence-electron chi connectivity index (χ2n) is 10.6. The zero-order chi connectivity index (χ0) is 27.6. The molecule has 1 amide bonds. The number of nitrogens with zero attached hydrogens (tertiary/aromatic N) is 1. The van der Waals surface area contributed by atoms with Crippen LogP contribution >= 0.6 is 0 Å². The van der Waals surface area contributed by atoms with Crippen LogP contribution in [0.1, 0.15) is 90.0 Å². The van der Waals surface area contributed by atoms with Crippen molar-refractivity contribution in [3.63, 3.8) is 0 Å². The Labute approximate surface area is 226 Å². The van der Waals surface area contributed by atoms with E-state index in [0.29, 0.717) is 5.69 Å². The molecule has 0 unspecified atom stereocenters. The first-order valence-corrected chi connectivity index (χ1v) is 15.3. The number of carbonyl (C=O) groups excluding carboxylic acids is 1. The molecule has 0 saturated heterocycles. The van der Waals surface area contributed by atoms with E-state index in [4.69, 9.17) is 5.73 Å². The Morgan fingerprint density at radius 1 is 0.784 bits per heavy atom. The third-order valence-electron chi connectivity index (χ3n) is 6.29. The van der Waals surface area contributed by atoms with Crippen molar-refractivity contribution in [2.45, 2.75) is 95.9 Å². The summed E-state index contributed by atoms with van der Waals surface area (Å²) in [7, 11) is 0.997. The van der Waals surface area contributed by atoms with Crippen LogP contribution in [-0.4, -0.2) is 39.4 Å². The Bertz CT molecular complexity index is 975. The molecule has 0 saturated carbocycles. The topological polar surface area (TPSA) is 89.3 Å². The minimum atomic E-state index is -3.73. The smallest absolute Gasteiger partial charge is 0.264 e. The number of anilines is 1. The van der Waals surface area contributed by atoms with E-state index in [0.717, 1.165) is 18.0 Å². The number of hydrogen-bond donors (Lipinski definition) is 2. The number of amides is 1. The van der Waals surface area contributed by atoms with E-state index in [9.17, 15) is 13.2 Å². The molecule has 0 aromatic heterocycles. The average Bonchev–Trinajstić information content (AvgIpc) is 2.83. The second kappa shape index (κ2) is 18.0. The highest BCUT2D eigenvalue weighted by atomic mass is 32.2. The molecule has 2 rings (SSSR count). The van der Waals surface area contributed by atoms with Gasteiger partial charge < -0.3 is 10.2 Å². The molecule has 7 heteroatoms. The average molecular weight is 533 g/mol. The van der Waals surface area contributed by atoms with Crippen LogP contribution in [0.4, 0.5) is 5.69 Å². The van der Waals surface area contributed by atoms with Crippen LogP contribution in [0.2, 0.25) is 0 Å². The van der Waals surface area contributed by atoms with Gasteiger partial charge in [0, 0.05) is 18.2 Å². The molecular weight excluding hydrogens is 482 g/mol. The molecule has 208 valence electrons. The molecule has 6 nitrogen and oxygen atoms in total. The molecule has 0 atom stereocenters. The third kappa shape index (κ3) is 16.2. The number of nitrogens with one attached hydrogen (secondary N) is 1. The van der Waals surface area contributed by atoms with Crippen LogP contribution in [0.25, 0.3) is 0 Å². The molecule has 0 radical (unpaired) electrons. The SMILES string of the molecule is CC(=O)NS(=O)(=O)c1ccc(N)cc1.CCCCCCCCCCCCC[N+](C)(C)Cc1ccccc1. The number of benzene rings is 2. The summed E-state index contributed by atoms with van der Waals surface area (Å²) in [6.07, 6.45) is 15.7. The third-order valence-corrected chi connectivity index (χ3v) is 7.74. The molecule has 0 fully saturated rings. The van der Waals surface area contributed by atoms with Crippen molar-refractivity contribution < 1.29 is 17.7 Å². The van der Waals surface area contributed by atoms with Crippen molar-refractivity contribution in [2.75, 3.05) is 26.4 Å². The van der Waals surface area contributed by atoms with Crippen LogP contribution in [-0.2, 0) is 21.4 Å². The van der Waals surface area contributed by atoms with Crippen molar-refractivity contribution >= 4 is 21.6 Å². The molecule has 3 N–H and O–H groups in total.